The zero-order valence-corrected chi connectivity index (χ0v) is 10.9. The third-order valence-electron chi connectivity index (χ3n) is 3.85. The van der Waals surface area contributed by atoms with Crippen molar-refractivity contribution in [1.82, 2.24) is 0 Å². The predicted octanol–water partition coefficient (Wildman–Crippen LogP) is 2.41. The number of hydrogen-bond acceptors (Lipinski definition) is 2. The Hall–Kier alpha value is -0.930. The average molecular weight is 238 g/mol. The highest BCUT2D eigenvalue weighted by Crippen LogP contribution is 2.29. The third kappa shape index (κ3) is 3.27. The Morgan fingerprint density at radius 2 is 1.76 bits per heavy atom. The molecule has 0 spiro atoms. The molecule has 0 fully saturated rings. The summed E-state index contributed by atoms with van der Waals surface area (Å²) >= 11 is 0. The van der Waals surface area contributed by atoms with Crippen molar-refractivity contribution in [2.24, 2.45) is 23.3 Å². The van der Waals surface area contributed by atoms with E-state index in [-0.39, 0.29) is 5.82 Å². The van der Waals surface area contributed by atoms with E-state index in [1.165, 1.54) is 6.07 Å². The summed E-state index contributed by atoms with van der Waals surface area (Å²) in [7, 11) is 0. The minimum atomic E-state index is -0.150. The Balaban J connectivity index is 2.87. The van der Waals surface area contributed by atoms with E-state index in [4.69, 9.17) is 11.5 Å². The number of halogens is 1. The average Bonchev–Trinajstić information content (AvgIpc) is 2.33. The molecule has 1 aromatic carbocycles. The molecule has 1 rings (SSSR count). The molecule has 0 aliphatic rings. The summed E-state index contributed by atoms with van der Waals surface area (Å²) in [6.45, 7) is 7.30. The van der Waals surface area contributed by atoms with Crippen LogP contribution in [0.3, 0.4) is 0 Å². The first-order valence-corrected chi connectivity index (χ1v) is 6.17. The van der Waals surface area contributed by atoms with Crippen molar-refractivity contribution >= 4 is 0 Å². The van der Waals surface area contributed by atoms with Crippen molar-refractivity contribution in [3.05, 3.63) is 35.1 Å². The number of nitrogens with two attached hydrogens (primary N) is 2. The smallest absolute Gasteiger partial charge is 0.126 e. The number of rotatable bonds is 5. The van der Waals surface area contributed by atoms with Crippen LogP contribution in [-0.2, 0) is 0 Å². The van der Waals surface area contributed by atoms with E-state index in [9.17, 15) is 4.39 Å². The second-order valence-corrected chi connectivity index (χ2v) is 4.89. The van der Waals surface area contributed by atoms with Gasteiger partial charge in [-0.2, -0.15) is 0 Å². The van der Waals surface area contributed by atoms with Gasteiger partial charge in [0.15, 0.2) is 0 Å². The summed E-state index contributed by atoms with van der Waals surface area (Å²) in [6.07, 6.45) is 0. The van der Waals surface area contributed by atoms with Gasteiger partial charge in [0.1, 0.15) is 5.82 Å². The lowest BCUT2D eigenvalue weighted by molar-refractivity contribution is 0.328. The minimum absolute atomic E-state index is 0.150. The molecule has 0 aliphatic heterocycles. The van der Waals surface area contributed by atoms with Crippen molar-refractivity contribution in [1.29, 1.82) is 0 Å². The van der Waals surface area contributed by atoms with Crippen LogP contribution >= 0.6 is 0 Å². The molecule has 0 aliphatic carbocycles. The van der Waals surface area contributed by atoms with Gasteiger partial charge in [0.05, 0.1) is 0 Å². The Kier molecular flexibility index (Phi) is 5.09. The van der Waals surface area contributed by atoms with E-state index < -0.39 is 0 Å². The van der Waals surface area contributed by atoms with E-state index in [2.05, 4.69) is 13.8 Å². The molecule has 3 heteroatoms. The Bertz CT molecular complexity index is 361. The molecule has 0 amide bonds. The normalized spacial score (nSPS) is 15.0. The maximum Gasteiger partial charge on any atom is 0.126 e. The van der Waals surface area contributed by atoms with Crippen molar-refractivity contribution in [2.45, 2.75) is 26.7 Å². The molecule has 2 nitrogen and oxygen atoms in total. The third-order valence-corrected chi connectivity index (χ3v) is 3.85. The van der Waals surface area contributed by atoms with E-state index >= 15 is 0 Å². The van der Waals surface area contributed by atoms with Crippen molar-refractivity contribution in [3.8, 4) is 0 Å². The van der Waals surface area contributed by atoms with Gasteiger partial charge in [-0.25, -0.2) is 4.39 Å². The summed E-state index contributed by atoms with van der Waals surface area (Å²) in [5.41, 5.74) is 13.3. The molecule has 0 saturated heterocycles. The molecule has 96 valence electrons. The zero-order chi connectivity index (χ0) is 13.0. The first-order valence-electron chi connectivity index (χ1n) is 6.17. The quantitative estimate of drug-likeness (QED) is 0.827. The Labute approximate surface area is 103 Å². The molecular weight excluding hydrogens is 215 g/mol. The van der Waals surface area contributed by atoms with Crippen LogP contribution < -0.4 is 11.5 Å². The van der Waals surface area contributed by atoms with Gasteiger partial charge in [-0.3, -0.25) is 0 Å². The van der Waals surface area contributed by atoms with Crippen molar-refractivity contribution < 1.29 is 4.39 Å². The molecule has 2 atom stereocenters. The molecule has 0 heterocycles. The van der Waals surface area contributed by atoms with Gasteiger partial charge in [-0.15, -0.1) is 0 Å². The van der Waals surface area contributed by atoms with Crippen LogP contribution in [0.25, 0.3) is 0 Å². The Morgan fingerprint density at radius 3 is 2.24 bits per heavy atom. The van der Waals surface area contributed by atoms with E-state index in [0.717, 1.165) is 5.56 Å². The van der Waals surface area contributed by atoms with Crippen LogP contribution in [0.2, 0.25) is 0 Å². The molecule has 0 radical (unpaired) electrons. The fraction of sp³-hybridized carbons (Fsp3) is 0.571. The molecular formula is C14H23FN2. The fourth-order valence-corrected chi connectivity index (χ4v) is 2.19. The standard InChI is InChI=1S/C14H23FN2/c1-9-6-12(4-5-14(9)15)10(2)11(3)13(7-16)8-17/h4-6,10-11,13H,7-8,16-17H2,1-3H3. The lowest BCUT2D eigenvalue weighted by atomic mass is 9.80. The number of benzene rings is 1. The van der Waals surface area contributed by atoms with Crippen LogP contribution in [0.5, 0.6) is 0 Å². The maximum absolute atomic E-state index is 13.2. The summed E-state index contributed by atoms with van der Waals surface area (Å²) in [4.78, 5) is 0. The van der Waals surface area contributed by atoms with Gasteiger partial charge < -0.3 is 11.5 Å². The van der Waals surface area contributed by atoms with Crippen LogP contribution in [0.15, 0.2) is 18.2 Å². The SMILES string of the molecule is Cc1cc(C(C)C(C)C(CN)CN)ccc1F. The highest BCUT2D eigenvalue weighted by Gasteiger charge is 2.22. The van der Waals surface area contributed by atoms with E-state index in [0.29, 0.717) is 36.4 Å². The van der Waals surface area contributed by atoms with Gasteiger partial charge >= 0.3 is 0 Å². The zero-order valence-electron chi connectivity index (χ0n) is 10.9. The largest absolute Gasteiger partial charge is 0.330 e. The summed E-state index contributed by atoms with van der Waals surface area (Å²) in [5.74, 6) is 0.902. The molecule has 1 aromatic rings. The van der Waals surface area contributed by atoms with Gasteiger partial charge in [0.2, 0.25) is 0 Å². The molecule has 0 saturated carbocycles. The van der Waals surface area contributed by atoms with E-state index in [1.54, 1.807) is 6.92 Å². The predicted molar refractivity (Wildman–Crippen MR) is 70.3 cm³/mol. The summed E-state index contributed by atoms with van der Waals surface area (Å²) in [5, 5.41) is 0. The molecule has 2 unspecified atom stereocenters. The summed E-state index contributed by atoms with van der Waals surface area (Å²) < 4.78 is 13.2. The fourth-order valence-electron chi connectivity index (χ4n) is 2.19. The highest BCUT2D eigenvalue weighted by atomic mass is 19.1. The topological polar surface area (TPSA) is 52.0 Å². The van der Waals surface area contributed by atoms with Crippen molar-refractivity contribution in [2.75, 3.05) is 13.1 Å². The molecule has 4 N–H and O–H groups in total. The van der Waals surface area contributed by atoms with Crippen LogP contribution in [0.1, 0.15) is 30.9 Å². The van der Waals surface area contributed by atoms with Crippen LogP contribution in [0, 0.1) is 24.6 Å². The maximum atomic E-state index is 13.2. The lowest BCUT2D eigenvalue weighted by Gasteiger charge is -2.27. The summed E-state index contributed by atoms with van der Waals surface area (Å²) in [6, 6.07) is 5.31. The lowest BCUT2D eigenvalue weighted by Crippen LogP contribution is -2.31. The molecule has 17 heavy (non-hydrogen) atoms. The van der Waals surface area contributed by atoms with Crippen LogP contribution in [0.4, 0.5) is 4.39 Å². The van der Waals surface area contributed by atoms with Gasteiger partial charge in [-0.05, 0) is 55.0 Å². The molecule has 0 aromatic heterocycles. The number of aryl methyl sites for hydroxylation is 1. The van der Waals surface area contributed by atoms with Crippen LogP contribution in [-0.4, -0.2) is 13.1 Å². The molecule has 0 bridgehead atoms. The first-order chi connectivity index (χ1) is 8.01. The minimum Gasteiger partial charge on any atom is -0.330 e. The van der Waals surface area contributed by atoms with Gasteiger partial charge in [0.25, 0.3) is 0 Å². The highest BCUT2D eigenvalue weighted by molar-refractivity contribution is 5.27. The monoisotopic (exact) mass is 238 g/mol. The van der Waals surface area contributed by atoms with E-state index in [1.807, 2.05) is 12.1 Å². The second-order valence-electron chi connectivity index (χ2n) is 4.89. The Morgan fingerprint density at radius 1 is 1.18 bits per heavy atom. The van der Waals surface area contributed by atoms with Gasteiger partial charge in [0, 0.05) is 0 Å². The van der Waals surface area contributed by atoms with Crippen molar-refractivity contribution in [3.63, 3.8) is 0 Å². The van der Waals surface area contributed by atoms with Gasteiger partial charge in [-0.1, -0.05) is 26.0 Å². The first kappa shape index (κ1) is 14.1. The second kappa shape index (κ2) is 6.12. The number of hydrogen-bond donors (Lipinski definition) is 2.